The summed E-state index contributed by atoms with van der Waals surface area (Å²) < 4.78 is 25.0. The Kier molecular flexibility index (Phi) is 9.03. The Labute approximate surface area is 258 Å². The average molecular weight is 619 g/mol. The molecule has 8 nitrogen and oxygen atoms in total. The number of benzene rings is 3. The molecule has 1 unspecified atom stereocenters. The number of hydrogen-bond acceptors (Lipinski definition) is 8. The normalized spacial score (nSPS) is 14.7. The van der Waals surface area contributed by atoms with Gasteiger partial charge in [-0.3, -0.25) is 14.2 Å². The van der Waals surface area contributed by atoms with Gasteiger partial charge in [-0.1, -0.05) is 47.2 Å². The molecule has 5 rings (SSSR count). The Balaban J connectivity index is 1.58. The van der Waals surface area contributed by atoms with Crippen molar-refractivity contribution >= 4 is 34.8 Å². The summed E-state index contributed by atoms with van der Waals surface area (Å²) in [7, 11) is 3.11. The van der Waals surface area contributed by atoms with Gasteiger partial charge in [0, 0.05) is 33.5 Å². The van der Waals surface area contributed by atoms with Gasteiger partial charge in [0.25, 0.3) is 5.56 Å². The Hall–Kier alpha value is -4.34. The smallest absolute Gasteiger partial charge is 0.271 e. The van der Waals surface area contributed by atoms with Crippen LogP contribution in [0.1, 0.15) is 43.5 Å². The van der Waals surface area contributed by atoms with Crippen LogP contribution in [0.5, 0.6) is 23.0 Å². The van der Waals surface area contributed by atoms with Crippen molar-refractivity contribution in [2.45, 2.75) is 33.4 Å². The Bertz CT molecular complexity index is 1910. The zero-order valence-electron chi connectivity index (χ0n) is 24.5. The van der Waals surface area contributed by atoms with E-state index < -0.39 is 6.04 Å². The maximum Gasteiger partial charge on any atom is 0.271 e. The number of nitrogens with zero attached hydrogens (tertiary/aromatic N) is 2. The number of fused-ring (bicyclic) bond motifs is 1. The molecule has 43 heavy (non-hydrogen) atoms. The minimum Gasteiger partial charge on any atom is -0.497 e. The molecular formula is C33H31ClN2O6S. The highest BCUT2D eigenvalue weighted by molar-refractivity contribution is 7.07. The van der Waals surface area contributed by atoms with Crippen molar-refractivity contribution in [3.63, 3.8) is 0 Å². The number of carbonyl (C=O) groups is 1. The monoisotopic (exact) mass is 618 g/mol. The summed E-state index contributed by atoms with van der Waals surface area (Å²) in [4.78, 5) is 32.0. The number of carbonyl (C=O) groups excluding carboxylic acids is 1. The van der Waals surface area contributed by atoms with Crippen molar-refractivity contribution < 1.29 is 23.7 Å². The number of ether oxygens (including phenoxy) is 4. The molecule has 0 aliphatic carbocycles. The summed E-state index contributed by atoms with van der Waals surface area (Å²) in [5, 5.41) is 0.626. The molecule has 4 aromatic rings. The average Bonchev–Trinajstić information content (AvgIpc) is 3.30. The number of thiazole rings is 1. The first-order valence-corrected chi connectivity index (χ1v) is 14.8. The van der Waals surface area contributed by atoms with E-state index in [0.29, 0.717) is 60.8 Å². The molecular weight excluding hydrogens is 588 g/mol. The summed E-state index contributed by atoms with van der Waals surface area (Å²) in [6.07, 6.45) is 1.79. The van der Waals surface area contributed by atoms with Gasteiger partial charge in [-0.25, -0.2) is 4.99 Å². The minimum atomic E-state index is -0.712. The fraction of sp³-hybridized carbons (Fsp3) is 0.242. The summed E-state index contributed by atoms with van der Waals surface area (Å²) in [5.74, 6) is 2.04. The minimum absolute atomic E-state index is 0.174. The van der Waals surface area contributed by atoms with Gasteiger partial charge in [-0.05, 0) is 62.7 Å². The number of methoxy groups -OCH3 is 2. The van der Waals surface area contributed by atoms with Crippen LogP contribution in [0.15, 0.2) is 81.7 Å². The highest BCUT2D eigenvalue weighted by Crippen LogP contribution is 2.37. The van der Waals surface area contributed by atoms with E-state index in [9.17, 15) is 9.59 Å². The van der Waals surface area contributed by atoms with Crippen molar-refractivity contribution in [1.82, 2.24) is 4.57 Å². The third-order valence-corrected chi connectivity index (χ3v) is 8.39. The highest BCUT2D eigenvalue weighted by Gasteiger charge is 2.32. The Morgan fingerprint density at radius 3 is 2.51 bits per heavy atom. The van der Waals surface area contributed by atoms with Crippen LogP contribution in [0.4, 0.5) is 0 Å². The second-order valence-corrected chi connectivity index (χ2v) is 11.2. The van der Waals surface area contributed by atoms with E-state index in [1.165, 1.54) is 18.3 Å². The lowest BCUT2D eigenvalue weighted by molar-refractivity contribution is -0.114. The largest absolute Gasteiger partial charge is 0.497 e. The molecule has 2 heterocycles. The molecule has 0 saturated heterocycles. The van der Waals surface area contributed by atoms with E-state index in [1.807, 2.05) is 55.5 Å². The molecule has 1 aliphatic rings. The molecule has 1 aliphatic heterocycles. The Morgan fingerprint density at radius 1 is 1.02 bits per heavy atom. The maximum absolute atomic E-state index is 14.0. The number of allylic oxidation sites excluding steroid dienone is 2. The SMILES string of the molecule is CCOc1cc(C=c2sc3n(c2=O)C(c2ccc(OC)cc2OC)C(C(C)=O)=C(C)N=3)ccc1OCc1ccccc1Cl. The fourth-order valence-corrected chi connectivity index (χ4v) is 6.27. The summed E-state index contributed by atoms with van der Waals surface area (Å²) >= 11 is 7.55. The predicted molar refractivity (Wildman–Crippen MR) is 167 cm³/mol. The lowest BCUT2D eigenvalue weighted by Gasteiger charge is -2.26. The zero-order valence-corrected chi connectivity index (χ0v) is 26.0. The van der Waals surface area contributed by atoms with E-state index in [1.54, 1.807) is 43.9 Å². The maximum atomic E-state index is 14.0. The van der Waals surface area contributed by atoms with Gasteiger partial charge in [-0.2, -0.15) is 0 Å². The van der Waals surface area contributed by atoms with Gasteiger partial charge in [-0.15, -0.1) is 0 Å². The van der Waals surface area contributed by atoms with Crippen LogP contribution >= 0.6 is 22.9 Å². The van der Waals surface area contributed by atoms with E-state index in [-0.39, 0.29) is 17.9 Å². The molecule has 3 aromatic carbocycles. The fourth-order valence-electron chi connectivity index (χ4n) is 5.03. The first-order chi connectivity index (χ1) is 20.7. The molecule has 1 atom stereocenters. The van der Waals surface area contributed by atoms with Gasteiger partial charge in [0.05, 0.1) is 31.4 Å². The summed E-state index contributed by atoms with van der Waals surface area (Å²) in [6.45, 7) is 5.88. The lowest BCUT2D eigenvalue weighted by Crippen LogP contribution is -2.39. The quantitative estimate of drug-likeness (QED) is 0.234. The van der Waals surface area contributed by atoms with Gasteiger partial charge in [0.2, 0.25) is 0 Å². The van der Waals surface area contributed by atoms with Crippen molar-refractivity contribution in [1.29, 1.82) is 0 Å². The number of Topliss-reactive ketones (excluding diaryl/α,β-unsaturated/α-hetero) is 1. The molecule has 0 bridgehead atoms. The summed E-state index contributed by atoms with van der Waals surface area (Å²) in [5.41, 5.74) is 2.99. The van der Waals surface area contributed by atoms with Crippen LogP contribution in [0.3, 0.4) is 0 Å². The Morgan fingerprint density at radius 2 is 1.81 bits per heavy atom. The number of rotatable bonds is 10. The van der Waals surface area contributed by atoms with Crippen molar-refractivity contribution in [2.24, 2.45) is 4.99 Å². The molecule has 0 amide bonds. The first-order valence-electron chi connectivity index (χ1n) is 13.6. The van der Waals surface area contributed by atoms with Crippen LogP contribution in [0, 0.1) is 0 Å². The van der Waals surface area contributed by atoms with Crippen molar-refractivity contribution in [3.05, 3.63) is 113 Å². The van der Waals surface area contributed by atoms with Gasteiger partial charge in [0.1, 0.15) is 18.1 Å². The van der Waals surface area contributed by atoms with Crippen LogP contribution in [0.2, 0.25) is 5.02 Å². The number of hydrogen-bond donors (Lipinski definition) is 0. The van der Waals surface area contributed by atoms with E-state index in [0.717, 1.165) is 11.1 Å². The molecule has 0 spiro atoms. The topological polar surface area (TPSA) is 88.3 Å². The molecule has 0 saturated carbocycles. The van der Waals surface area contributed by atoms with Gasteiger partial charge < -0.3 is 18.9 Å². The molecule has 222 valence electrons. The number of halogens is 1. The molecule has 10 heteroatoms. The van der Waals surface area contributed by atoms with Crippen molar-refractivity contribution in [2.75, 3.05) is 20.8 Å². The third-order valence-electron chi connectivity index (χ3n) is 7.04. The second kappa shape index (κ2) is 12.9. The van der Waals surface area contributed by atoms with Crippen LogP contribution in [0.25, 0.3) is 6.08 Å². The third kappa shape index (κ3) is 6.09. The van der Waals surface area contributed by atoms with Crippen molar-refractivity contribution in [3.8, 4) is 23.0 Å². The second-order valence-electron chi connectivity index (χ2n) is 9.77. The molecule has 1 aromatic heterocycles. The van der Waals surface area contributed by atoms with Gasteiger partial charge in [0.15, 0.2) is 22.1 Å². The standard InChI is InChI=1S/C33H31ClN2O6S/c1-6-41-28-15-21(11-14-26(28)42-18-22-9-7-8-10-25(22)34)16-29-32(38)36-31(24-13-12-23(39-4)17-27(24)40-5)30(20(3)37)19(2)35-33(36)43-29/h7-17,31H,6,18H2,1-5H3. The molecule has 0 fully saturated rings. The molecule has 0 N–H and O–H groups in total. The van der Waals surface area contributed by atoms with Crippen LogP contribution in [-0.2, 0) is 11.4 Å². The van der Waals surface area contributed by atoms with E-state index in [4.69, 9.17) is 30.5 Å². The first kappa shape index (κ1) is 30.1. The zero-order chi connectivity index (χ0) is 30.7. The van der Waals surface area contributed by atoms with E-state index in [2.05, 4.69) is 4.99 Å². The number of aromatic nitrogens is 1. The number of ketones is 1. The van der Waals surface area contributed by atoms with Gasteiger partial charge >= 0.3 is 0 Å². The lowest BCUT2D eigenvalue weighted by atomic mass is 9.92. The highest BCUT2D eigenvalue weighted by atomic mass is 35.5. The van der Waals surface area contributed by atoms with E-state index >= 15 is 0 Å². The van der Waals surface area contributed by atoms with Crippen LogP contribution < -0.4 is 33.8 Å². The van der Waals surface area contributed by atoms with Crippen LogP contribution in [-0.4, -0.2) is 31.2 Å². The molecule has 0 radical (unpaired) electrons. The predicted octanol–water partition coefficient (Wildman–Crippen LogP) is 5.47. The summed E-state index contributed by atoms with van der Waals surface area (Å²) in [6, 6.07) is 17.6.